The molecule has 0 aliphatic carbocycles. The predicted octanol–water partition coefficient (Wildman–Crippen LogP) is 3.14. The number of hydrogen-bond acceptors (Lipinski definition) is 4. The number of nitrogens with zero attached hydrogens (tertiary/aromatic N) is 2. The van der Waals surface area contributed by atoms with Gasteiger partial charge in [-0.2, -0.15) is 4.31 Å². The van der Waals surface area contributed by atoms with E-state index in [1.807, 2.05) is 31.2 Å². The molecule has 0 aromatic heterocycles. The van der Waals surface area contributed by atoms with Crippen LogP contribution in [-0.4, -0.2) is 44.4 Å². The Morgan fingerprint density at radius 1 is 1.14 bits per heavy atom. The van der Waals surface area contributed by atoms with E-state index >= 15 is 0 Å². The van der Waals surface area contributed by atoms with E-state index in [1.54, 1.807) is 30.0 Å². The Bertz CT molecular complexity index is 1030. The van der Waals surface area contributed by atoms with Gasteiger partial charge in [0.1, 0.15) is 5.75 Å². The molecular formula is C22H26N2O4S. The molecule has 2 aromatic rings. The molecular weight excluding hydrogens is 388 g/mol. The van der Waals surface area contributed by atoms with Crippen molar-refractivity contribution in [1.82, 2.24) is 4.31 Å². The van der Waals surface area contributed by atoms with Gasteiger partial charge in [0, 0.05) is 24.8 Å². The highest BCUT2D eigenvalue weighted by Gasteiger charge is 2.31. The lowest BCUT2D eigenvalue weighted by Crippen LogP contribution is -2.39. The molecule has 0 N–H and O–H groups in total. The Balaban J connectivity index is 1.46. The Labute approximate surface area is 172 Å². The average molecular weight is 415 g/mol. The first-order chi connectivity index (χ1) is 13.9. The number of para-hydroxylation sites is 1. The van der Waals surface area contributed by atoms with E-state index in [0.29, 0.717) is 24.4 Å². The SMILES string of the molecule is Cc1cc(S(=O)(=O)N2CCCC2)ccc1OCC(=O)N1c2ccccc2C[C@H]1C. The molecule has 1 amide bonds. The number of aryl methyl sites for hydroxylation is 1. The minimum atomic E-state index is -3.46. The van der Waals surface area contributed by atoms with Crippen molar-refractivity contribution in [2.24, 2.45) is 0 Å². The maximum Gasteiger partial charge on any atom is 0.265 e. The van der Waals surface area contributed by atoms with Crippen LogP contribution in [0.3, 0.4) is 0 Å². The highest BCUT2D eigenvalue weighted by molar-refractivity contribution is 7.89. The fourth-order valence-corrected chi connectivity index (χ4v) is 5.78. The van der Waals surface area contributed by atoms with Gasteiger partial charge in [0.25, 0.3) is 5.91 Å². The fraction of sp³-hybridized carbons (Fsp3) is 0.409. The summed E-state index contributed by atoms with van der Waals surface area (Å²) in [5.74, 6) is 0.425. The van der Waals surface area contributed by atoms with Crippen LogP contribution in [0.4, 0.5) is 5.69 Å². The standard InChI is InChI=1S/C22H26N2O4S/c1-16-13-19(29(26,27)23-11-5-6-12-23)9-10-21(16)28-15-22(25)24-17(2)14-18-7-3-4-8-20(18)24/h3-4,7-10,13,17H,5-6,11-12,14-15H2,1-2H3/t17-/m1/s1. The third-order valence-electron chi connectivity index (χ3n) is 5.68. The average Bonchev–Trinajstić information content (AvgIpc) is 3.34. The molecule has 29 heavy (non-hydrogen) atoms. The molecule has 1 atom stereocenters. The number of hydrogen-bond donors (Lipinski definition) is 0. The molecule has 2 heterocycles. The number of amides is 1. The van der Waals surface area contributed by atoms with Crippen LogP contribution in [0, 0.1) is 6.92 Å². The number of fused-ring (bicyclic) bond motifs is 1. The second kappa shape index (κ2) is 7.80. The highest BCUT2D eigenvalue weighted by Crippen LogP contribution is 2.32. The van der Waals surface area contributed by atoms with Crippen molar-refractivity contribution in [3.05, 3.63) is 53.6 Å². The normalized spacial score (nSPS) is 19.4. The summed E-state index contributed by atoms with van der Waals surface area (Å²) in [5, 5.41) is 0. The maximum atomic E-state index is 12.8. The molecule has 4 rings (SSSR count). The van der Waals surface area contributed by atoms with Crippen LogP contribution in [0.25, 0.3) is 0 Å². The van der Waals surface area contributed by atoms with E-state index in [4.69, 9.17) is 4.74 Å². The van der Waals surface area contributed by atoms with Gasteiger partial charge in [-0.3, -0.25) is 4.79 Å². The smallest absolute Gasteiger partial charge is 0.265 e. The lowest BCUT2D eigenvalue weighted by molar-refractivity contribution is -0.120. The monoisotopic (exact) mass is 414 g/mol. The van der Waals surface area contributed by atoms with Gasteiger partial charge in [-0.1, -0.05) is 18.2 Å². The van der Waals surface area contributed by atoms with Gasteiger partial charge in [0.05, 0.1) is 4.90 Å². The van der Waals surface area contributed by atoms with Crippen LogP contribution >= 0.6 is 0 Å². The fourth-order valence-electron chi connectivity index (χ4n) is 4.18. The molecule has 6 nitrogen and oxygen atoms in total. The van der Waals surface area contributed by atoms with Crippen LogP contribution in [-0.2, 0) is 21.2 Å². The molecule has 0 unspecified atom stereocenters. The molecule has 7 heteroatoms. The summed E-state index contributed by atoms with van der Waals surface area (Å²) in [6, 6.07) is 12.8. The van der Waals surface area contributed by atoms with Crippen molar-refractivity contribution in [3.8, 4) is 5.75 Å². The Morgan fingerprint density at radius 2 is 1.86 bits per heavy atom. The summed E-state index contributed by atoms with van der Waals surface area (Å²) in [4.78, 5) is 14.9. The summed E-state index contributed by atoms with van der Waals surface area (Å²) in [6.45, 7) is 4.89. The second-order valence-corrected chi connectivity index (χ2v) is 9.71. The van der Waals surface area contributed by atoms with Gasteiger partial charge in [0.15, 0.2) is 6.61 Å². The Morgan fingerprint density at radius 3 is 2.59 bits per heavy atom. The van der Waals surface area contributed by atoms with Crippen molar-refractivity contribution in [3.63, 3.8) is 0 Å². The Hall–Kier alpha value is -2.38. The third-order valence-corrected chi connectivity index (χ3v) is 7.57. The quantitative estimate of drug-likeness (QED) is 0.754. The summed E-state index contributed by atoms with van der Waals surface area (Å²) in [7, 11) is -3.46. The number of ether oxygens (including phenoxy) is 1. The Kier molecular flexibility index (Phi) is 5.36. The van der Waals surface area contributed by atoms with E-state index in [1.165, 1.54) is 9.87 Å². The van der Waals surface area contributed by atoms with E-state index < -0.39 is 10.0 Å². The molecule has 2 aliphatic heterocycles. The molecule has 0 spiro atoms. The second-order valence-electron chi connectivity index (χ2n) is 7.77. The molecule has 0 saturated carbocycles. The summed E-state index contributed by atoms with van der Waals surface area (Å²) in [5.41, 5.74) is 2.81. The molecule has 2 aromatic carbocycles. The van der Waals surface area contributed by atoms with Crippen LogP contribution < -0.4 is 9.64 Å². The predicted molar refractivity (Wildman–Crippen MR) is 112 cm³/mol. The van der Waals surface area contributed by atoms with Gasteiger partial charge >= 0.3 is 0 Å². The number of anilines is 1. The van der Waals surface area contributed by atoms with E-state index in [-0.39, 0.29) is 23.5 Å². The number of carbonyl (C=O) groups excluding carboxylic acids is 1. The van der Waals surface area contributed by atoms with Crippen molar-refractivity contribution < 1.29 is 17.9 Å². The lowest BCUT2D eigenvalue weighted by Gasteiger charge is -2.23. The largest absolute Gasteiger partial charge is 0.483 e. The summed E-state index contributed by atoms with van der Waals surface area (Å²) < 4.78 is 32.7. The number of rotatable bonds is 5. The van der Waals surface area contributed by atoms with Gasteiger partial charge in [0.2, 0.25) is 10.0 Å². The first kappa shape index (κ1) is 19.9. The van der Waals surface area contributed by atoms with E-state index in [2.05, 4.69) is 0 Å². The van der Waals surface area contributed by atoms with Crippen molar-refractivity contribution in [1.29, 1.82) is 0 Å². The zero-order valence-electron chi connectivity index (χ0n) is 16.8. The minimum Gasteiger partial charge on any atom is -0.483 e. The van der Waals surface area contributed by atoms with Crippen LogP contribution in [0.15, 0.2) is 47.4 Å². The summed E-state index contributed by atoms with van der Waals surface area (Å²) >= 11 is 0. The first-order valence-electron chi connectivity index (χ1n) is 10.0. The van der Waals surface area contributed by atoms with Gasteiger partial charge in [-0.15, -0.1) is 0 Å². The van der Waals surface area contributed by atoms with Crippen LogP contribution in [0.2, 0.25) is 0 Å². The molecule has 1 fully saturated rings. The van der Waals surface area contributed by atoms with Crippen LogP contribution in [0.5, 0.6) is 5.75 Å². The summed E-state index contributed by atoms with van der Waals surface area (Å²) in [6.07, 6.45) is 2.64. The van der Waals surface area contributed by atoms with Crippen molar-refractivity contribution in [2.45, 2.75) is 44.0 Å². The number of sulfonamides is 1. The molecule has 1 saturated heterocycles. The molecule has 0 radical (unpaired) electrons. The third kappa shape index (κ3) is 3.76. The maximum absolute atomic E-state index is 12.8. The highest BCUT2D eigenvalue weighted by atomic mass is 32.2. The van der Waals surface area contributed by atoms with Gasteiger partial charge < -0.3 is 9.64 Å². The molecule has 154 valence electrons. The van der Waals surface area contributed by atoms with E-state index in [0.717, 1.165) is 24.9 Å². The number of carbonyl (C=O) groups is 1. The zero-order chi connectivity index (χ0) is 20.6. The van der Waals surface area contributed by atoms with E-state index in [9.17, 15) is 13.2 Å². The number of benzene rings is 2. The van der Waals surface area contributed by atoms with Crippen molar-refractivity contribution >= 4 is 21.6 Å². The van der Waals surface area contributed by atoms with Crippen molar-refractivity contribution in [2.75, 3.05) is 24.6 Å². The van der Waals surface area contributed by atoms with Crippen LogP contribution in [0.1, 0.15) is 30.9 Å². The van der Waals surface area contributed by atoms with Gasteiger partial charge in [-0.05, 0) is 68.5 Å². The minimum absolute atomic E-state index is 0.0856. The van der Waals surface area contributed by atoms with Gasteiger partial charge in [-0.25, -0.2) is 8.42 Å². The first-order valence-corrected chi connectivity index (χ1v) is 11.5. The molecule has 0 bridgehead atoms. The topological polar surface area (TPSA) is 66.9 Å². The molecule has 2 aliphatic rings. The lowest BCUT2D eigenvalue weighted by atomic mass is 10.1. The zero-order valence-corrected chi connectivity index (χ0v) is 17.6.